The van der Waals surface area contributed by atoms with Gasteiger partial charge in [0.2, 0.25) is 0 Å². The van der Waals surface area contributed by atoms with Gasteiger partial charge in [-0.05, 0) is 11.6 Å². The van der Waals surface area contributed by atoms with Crippen LogP contribution in [0.4, 0.5) is 0 Å². The molecule has 90 valence electrons. The van der Waals surface area contributed by atoms with Crippen molar-refractivity contribution in [2.75, 3.05) is 26.3 Å². The van der Waals surface area contributed by atoms with E-state index in [0.717, 1.165) is 43.8 Å². The summed E-state index contributed by atoms with van der Waals surface area (Å²) in [4.78, 5) is 5.51. The first kappa shape index (κ1) is 10.6. The van der Waals surface area contributed by atoms with E-state index in [1.807, 2.05) is 18.3 Å². The van der Waals surface area contributed by atoms with Gasteiger partial charge in [-0.15, -0.1) is 0 Å². The van der Waals surface area contributed by atoms with Crippen LogP contribution in [0.25, 0.3) is 10.9 Å². The Morgan fingerprint density at radius 1 is 1.29 bits per heavy atom. The monoisotopic (exact) mass is 232 g/mol. The van der Waals surface area contributed by atoms with Crippen molar-refractivity contribution in [3.8, 4) is 5.75 Å². The lowest BCUT2D eigenvalue weighted by atomic mass is 10.1. The summed E-state index contributed by atoms with van der Waals surface area (Å²) in [6, 6.07) is 5.63. The van der Waals surface area contributed by atoms with Crippen molar-refractivity contribution in [1.82, 2.24) is 9.88 Å². The molecule has 3 rings (SSSR count). The molecule has 4 nitrogen and oxygen atoms in total. The number of morpholine rings is 1. The van der Waals surface area contributed by atoms with Crippen LogP contribution in [0, 0.1) is 0 Å². The number of H-pyrrole nitrogens is 1. The Morgan fingerprint density at radius 3 is 2.94 bits per heavy atom. The third kappa shape index (κ3) is 2.01. The maximum atomic E-state index is 9.73. The molecule has 1 aliphatic rings. The fraction of sp³-hybridized carbons (Fsp3) is 0.385. The maximum Gasteiger partial charge on any atom is 0.139 e. The van der Waals surface area contributed by atoms with Crippen LogP contribution in [0.3, 0.4) is 0 Å². The molecule has 2 heterocycles. The summed E-state index contributed by atoms with van der Waals surface area (Å²) in [7, 11) is 0. The van der Waals surface area contributed by atoms with E-state index >= 15 is 0 Å². The highest BCUT2D eigenvalue weighted by atomic mass is 16.5. The molecule has 0 unspecified atom stereocenters. The number of phenolic OH excluding ortho intramolecular Hbond substituents is 1. The van der Waals surface area contributed by atoms with Crippen LogP contribution in [0.5, 0.6) is 5.75 Å². The number of hydrogen-bond donors (Lipinski definition) is 2. The fourth-order valence-corrected chi connectivity index (χ4v) is 2.33. The molecule has 1 fully saturated rings. The molecule has 0 saturated carbocycles. The van der Waals surface area contributed by atoms with Gasteiger partial charge in [0, 0.05) is 31.2 Å². The lowest BCUT2D eigenvalue weighted by molar-refractivity contribution is 0.0343. The Hall–Kier alpha value is -1.52. The molecule has 0 aliphatic carbocycles. The van der Waals surface area contributed by atoms with Crippen LogP contribution in [-0.4, -0.2) is 41.3 Å². The lowest BCUT2D eigenvalue weighted by Crippen LogP contribution is -2.35. The molecule has 2 aromatic rings. The molecule has 2 N–H and O–H groups in total. The van der Waals surface area contributed by atoms with Crippen LogP contribution >= 0.6 is 0 Å². The Bertz CT molecular complexity index is 515. The van der Waals surface area contributed by atoms with E-state index in [9.17, 15) is 5.11 Å². The van der Waals surface area contributed by atoms with Crippen molar-refractivity contribution in [1.29, 1.82) is 0 Å². The predicted molar refractivity (Wildman–Crippen MR) is 66.1 cm³/mol. The minimum Gasteiger partial charge on any atom is -0.506 e. The van der Waals surface area contributed by atoms with Gasteiger partial charge in [-0.1, -0.05) is 12.1 Å². The SMILES string of the molecule is Oc1cccc2c(CN3CCOCC3)c[nH]c12. The minimum atomic E-state index is 0.315. The van der Waals surface area contributed by atoms with Gasteiger partial charge in [0.15, 0.2) is 0 Å². The first-order chi connectivity index (χ1) is 8.34. The minimum absolute atomic E-state index is 0.315. The van der Waals surface area contributed by atoms with Crippen LogP contribution in [0.1, 0.15) is 5.56 Å². The van der Waals surface area contributed by atoms with Crippen molar-refractivity contribution >= 4 is 10.9 Å². The number of benzene rings is 1. The van der Waals surface area contributed by atoms with E-state index in [4.69, 9.17) is 4.74 Å². The molecule has 0 radical (unpaired) electrons. The molecule has 1 aromatic heterocycles. The number of aromatic nitrogens is 1. The molecule has 0 atom stereocenters. The number of nitrogens with zero attached hydrogens (tertiary/aromatic N) is 1. The molecule has 1 aromatic carbocycles. The maximum absolute atomic E-state index is 9.73. The lowest BCUT2D eigenvalue weighted by Gasteiger charge is -2.26. The average molecular weight is 232 g/mol. The number of rotatable bonds is 2. The van der Waals surface area contributed by atoms with E-state index in [1.54, 1.807) is 6.07 Å². The number of aromatic hydroxyl groups is 1. The van der Waals surface area contributed by atoms with Crippen molar-refractivity contribution < 1.29 is 9.84 Å². The normalized spacial score (nSPS) is 17.6. The summed E-state index contributed by atoms with van der Waals surface area (Å²) in [5.41, 5.74) is 2.06. The second-order valence-electron chi connectivity index (χ2n) is 4.40. The summed E-state index contributed by atoms with van der Waals surface area (Å²) in [5.74, 6) is 0.315. The number of aromatic amines is 1. The van der Waals surface area contributed by atoms with E-state index in [0.29, 0.717) is 5.75 Å². The molecule has 1 saturated heterocycles. The largest absolute Gasteiger partial charge is 0.506 e. The second-order valence-corrected chi connectivity index (χ2v) is 4.40. The molecule has 0 spiro atoms. The average Bonchev–Trinajstić information content (AvgIpc) is 2.76. The van der Waals surface area contributed by atoms with Crippen LogP contribution in [0.15, 0.2) is 24.4 Å². The Balaban J connectivity index is 1.87. The molecular weight excluding hydrogens is 216 g/mol. The highest BCUT2D eigenvalue weighted by molar-refractivity contribution is 5.87. The van der Waals surface area contributed by atoms with Gasteiger partial charge in [-0.3, -0.25) is 4.90 Å². The summed E-state index contributed by atoms with van der Waals surface area (Å²) in [6.07, 6.45) is 1.99. The van der Waals surface area contributed by atoms with E-state index in [-0.39, 0.29) is 0 Å². The van der Waals surface area contributed by atoms with Gasteiger partial charge in [-0.2, -0.15) is 0 Å². The standard InChI is InChI=1S/C13H16N2O2/c16-12-3-1-2-11-10(8-14-13(11)12)9-15-4-6-17-7-5-15/h1-3,8,14,16H,4-7,9H2. The smallest absolute Gasteiger partial charge is 0.139 e. The topological polar surface area (TPSA) is 48.5 Å². The third-order valence-corrected chi connectivity index (χ3v) is 3.28. The fourth-order valence-electron chi connectivity index (χ4n) is 2.33. The number of ether oxygens (including phenoxy) is 1. The third-order valence-electron chi connectivity index (χ3n) is 3.28. The molecule has 0 amide bonds. The number of hydrogen-bond acceptors (Lipinski definition) is 3. The first-order valence-electron chi connectivity index (χ1n) is 5.92. The summed E-state index contributed by atoms with van der Waals surface area (Å²) < 4.78 is 5.34. The first-order valence-corrected chi connectivity index (χ1v) is 5.92. The van der Waals surface area contributed by atoms with Crippen molar-refractivity contribution in [2.45, 2.75) is 6.54 Å². The van der Waals surface area contributed by atoms with Crippen molar-refractivity contribution in [3.05, 3.63) is 30.0 Å². The number of fused-ring (bicyclic) bond motifs is 1. The highest BCUT2D eigenvalue weighted by Gasteiger charge is 2.13. The van der Waals surface area contributed by atoms with Crippen LogP contribution in [0.2, 0.25) is 0 Å². The van der Waals surface area contributed by atoms with Crippen LogP contribution < -0.4 is 0 Å². The second kappa shape index (κ2) is 4.39. The van der Waals surface area contributed by atoms with Crippen molar-refractivity contribution in [2.24, 2.45) is 0 Å². The van der Waals surface area contributed by atoms with E-state index < -0.39 is 0 Å². The molecule has 0 bridgehead atoms. The van der Waals surface area contributed by atoms with Gasteiger partial charge < -0.3 is 14.8 Å². The zero-order valence-electron chi connectivity index (χ0n) is 9.65. The van der Waals surface area contributed by atoms with Gasteiger partial charge in [0.05, 0.1) is 18.7 Å². The predicted octanol–water partition coefficient (Wildman–Crippen LogP) is 1.71. The molecule has 4 heteroatoms. The summed E-state index contributed by atoms with van der Waals surface area (Å²) in [6.45, 7) is 4.49. The van der Waals surface area contributed by atoms with Gasteiger partial charge >= 0.3 is 0 Å². The van der Waals surface area contributed by atoms with Crippen molar-refractivity contribution in [3.63, 3.8) is 0 Å². The summed E-state index contributed by atoms with van der Waals surface area (Å²) >= 11 is 0. The van der Waals surface area contributed by atoms with Gasteiger partial charge in [0.1, 0.15) is 5.75 Å². The highest BCUT2D eigenvalue weighted by Crippen LogP contribution is 2.26. The summed E-state index contributed by atoms with van der Waals surface area (Å²) in [5, 5.41) is 10.8. The quantitative estimate of drug-likeness (QED) is 0.828. The molecule has 1 aliphatic heterocycles. The zero-order valence-corrected chi connectivity index (χ0v) is 9.65. The Labute approximate surface area is 99.8 Å². The zero-order chi connectivity index (χ0) is 11.7. The molecule has 17 heavy (non-hydrogen) atoms. The van der Waals surface area contributed by atoms with E-state index in [2.05, 4.69) is 9.88 Å². The van der Waals surface area contributed by atoms with Gasteiger partial charge in [-0.25, -0.2) is 0 Å². The van der Waals surface area contributed by atoms with Gasteiger partial charge in [0.25, 0.3) is 0 Å². The Morgan fingerprint density at radius 2 is 2.12 bits per heavy atom. The number of nitrogens with one attached hydrogen (secondary N) is 1. The number of phenols is 1. The van der Waals surface area contributed by atoms with Crippen LogP contribution in [-0.2, 0) is 11.3 Å². The Kier molecular flexibility index (Phi) is 2.74. The number of para-hydroxylation sites is 1. The molecular formula is C13H16N2O2. The van der Waals surface area contributed by atoms with E-state index in [1.165, 1.54) is 5.56 Å².